The van der Waals surface area contributed by atoms with Crippen molar-refractivity contribution < 1.29 is 5.11 Å². The summed E-state index contributed by atoms with van der Waals surface area (Å²) in [4.78, 5) is 4.73. The Morgan fingerprint density at radius 1 is 1.55 bits per heavy atom. The second-order valence-electron chi connectivity index (χ2n) is 5.48. The van der Waals surface area contributed by atoms with E-state index in [1.54, 1.807) is 0 Å². The number of rotatable bonds is 4. The maximum absolute atomic E-state index is 10.0. The highest BCUT2D eigenvalue weighted by atomic mass is 79.9. The van der Waals surface area contributed by atoms with E-state index in [0.29, 0.717) is 11.5 Å². The fourth-order valence-corrected chi connectivity index (χ4v) is 3.25. The summed E-state index contributed by atoms with van der Waals surface area (Å²) in [6.07, 6.45) is 0.458. The van der Waals surface area contributed by atoms with Crippen LogP contribution in [0.5, 0.6) is 0 Å². The van der Waals surface area contributed by atoms with E-state index in [0.717, 1.165) is 28.7 Å². The molecule has 4 nitrogen and oxygen atoms in total. The lowest BCUT2D eigenvalue weighted by atomic mass is 10.1. The van der Waals surface area contributed by atoms with E-state index in [1.165, 1.54) is 0 Å². The second-order valence-corrected chi connectivity index (χ2v) is 6.84. The van der Waals surface area contributed by atoms with Crippen molar-refractivity contribution in [1.82, 2.24) is 4.90 Å². The average Bonchev–Trinajstić information content (AvgIpc) is 2.68. The topological polar surface area (TPSA) is 52.7 Å². The molecule has 2 atom stereocenters. The summed E-state index contributed by atoms with van der Waals surface area (Å²) in [5.74, 6) is 0. The SMILES string of the molecule is CN(C)CC1CC(O)CN1c1cc(Br)ccc1C(N)=S. The van der Waals surface area contributed by atoms with Crippen LogP contribution >= 0.6 is 28.1 Å². The van der Waals surface area contributed by atoms with E-state index in [-0.39, 0.29) is 12.1 Å². The lowest BCUT2D eigenvalue weighted by Gasteiger charge is -2.30. The van der Waals surface area contributed by atoms with Crippen LogP contribution in [0.15, 0.2) is 22.7 Å². The van der Waals surface area contributed by atoms with Crippen molar-refractivity contribution in [3.05, 3.63) is 28.2 Å². The standard InChI is InChI=1S/C14H20BrN3OS/c1-17(2)7-10-6-11(19)8-18(10)13-5-9(15)3-4-12(13)14(16)20/h3-5,10-11,19H,6-8H2,1-2H3,(H2,16,20). The molecule has 0 aromatic heterocycles. The molecule has 0 saturated carbocycles. The van der Waals surface area contributed by atoms with Crippen LogP contribution in [0, 0.1) is 0 Å². The summed E-state index contributed by atoms with van der Waals surface area (Å²) in [6, 6.07) is 6.15. The van der Waals surface area contributed by atoms with Crippen LogP contribution in [0.4, 0.5) is 5.69 Å². The van der Waals surface area contributed by atoms with Gasteiger partial charge >= 0.3 is 0 Å². The Bertz CT molecular complexity index is 509. The number of anilines is 1. The molecule has 0 spiro atoms. The molecule has 1 saturated heterocycles. The van der Waals surface area contributed by atoms with Gasteiger partial charge in [-0.1, -0.05) is 28.1 Å². The molecule has 0 aliphatic carbocycles. The van der Waals surface area contributed by atoms with Crippen LogP contribution in [0.25, 0.3) is 0 Å². The van der Waals surface area contributed by atoms with E-state index in [1.807, 2.05) is 32.3 Å². The van der Waals surface area contributed by atoms with Crippen LogP contribution in [-0.4, -0.2) is 54.3 Å². The van der Waals surface area contributed by atoms with E-state index in [4.69, 9.17) is 18.0 Å². The number of nitrogens with two attached hydrogens (primary N) is 1. The number of nitrogens with zero attached hydrogens (tertiary/aromatic N) is 2. The molecule has 110 valence electrons. The summed E-state index contributed by atoms with van der Waals surface area (Å²) in [5, 5.41) is 10.0. The molecular formula is C14H20BrN3OS. The Morgan fingerprint density at radius 2 is 2.25 bits per heavy atom. The number of aliphatic hydroxyl groups is 1. The molecule has 1 aromatic rings. The Kier molecular flexibility index (Phi) is 5.01. The Balaban J connectivity index is 2.37. The number of halogens is 1. The van der Waals surface area contributed by atoms with E-state index < -0.39 is 0 Å². The maximum Gasteiger partial charge on any atom is 0.106 e. The van der Waals surface area contributed by atoms with Gasteiger partial charge in [0.2, 0.25) is 0 Å². The van der Waals surface area contributed by atoms with Crippen molar-refractivity contribution in [3.63, 3.8) is 0 Å². The third-order valence-electron chi connectivity index (χ3n) is 3.50. The number of aliphatic hydroxyl groups excluding tert-OH is 1. The average molecular weight is 358 g/mol. The van der Waals surface area contributed by atoms with Gasteiger partial charge in [-0.3, -0.25) is 0 Å². The van der Waals surface area contributed by atoms with Crippen molar-refractivity contribution in [3.8, 4) is 0 Å². The molecule has 0 bridgehead atoms. The number of hydrogen-bond donors (Lipinski definition) is 2. The van der Waals surface area contributed by atoms with Gasteiger partial charge in [-0.2, -0.15) is 0 Å². The second kappa shape index (κ2) is 6.39. The molecule has 1 aliphatic heterocycles. The maximum atomic E-state index is 10.0. The molecule has 1 aliphatic rings. The fourth-order valence-electron chi connectivity index (χ4n) is 2.73. The Morgan fingerprint density at radius 3 is 2.85 bits per heavy atom. The summed E-state index contributed by atoms with van der Waals surface area (Å²) in [6.45, 7) is 1.50. The molecule has 1 heterocycles. The number of benzene rings is 1. The largest absolute Gasteiger partial charge is 0.391 e. The van der Waals surface area contributed by atoms with Gasteiger partial charge in [0.25, 0.3) is 0 Å². The molecule has 6 heteroatoms. The number of hydrogen-bond acceptors (Lipinski definition) is 4. The molecule has 1 aromatic carbocycles. The highest BCUT2D eigenvalue weighted by Gasteiger charge is 2.32. The molecule has 2 rings (SSSR count). The van der Waals surface area contributed by atoms with Crippen LogP contribution in [0.2, 0.25) is 0 Å². The third-order valence-corrected chi connectivity index (χ3v) is 4.22. The number of thiocarbonyl (C=S) groups is 1. The molecule has 3 N–H and O–H groups in total. The van der Waals surface area contributed by atoms with Gasteiger partial charge in [0, 0.05) is 34.9 Å². The first-order chi connectivity index (χ1) is 9.38. The van der Waals surface area contributed by atoms with Gasteiger partial charge in [0.05, 0.1) is 6.10 Å². The molecule has 1 fully saturated rings. The van der Waals surface area contributed by atoms with Crippen LogP contribution in [-0.2, 0) is 0 Å². The van der Waals surface area contributed by atoms with Crippen LogP contribution < -0.4 is 10.6 Å². The summed E-state index contributed by atoms with van der Waals surface area (Å²) in [7, 11) is 4.08. The van der Waals surface area contributed by atoms with Crippen molar-refractivity contribution in [1.29, 1.82) is 0 Å². The van der Waals surface area contributed by atoms with Crippen molar-refractivity contribution >= 4 is 38.8 Å². The van der Waals surface area contributed by atoms with Gasteiger partial charge in [-0.05, 0) is 38.7 Å². The predicted octanol–water partition coefficient (Wildman–Crippen LogP) is 1.58. The molecule has 0 amide bonds. The summed E-state index contributed by atoms with van der Waals surface area (Å²) >= 11 is 8.64. The Hall–Kier alpha value is -0.690. The minimum absolute atomic E-state index is 0.266. The van der Waals surface area contributed by atoms with Crippen molar-refractivity contribution in [2.45, 2.75) is 18.6 Å². The summed E-state index contributed by atoms with van der Waals surface area (Å²) in [5.41, 5.74) is 7.69. The molecule has 20 heavy (non-hydrogen) atoms. The normalized spacial score (nSPS) is 22.6. The summed E-state index contributed by atoms with van der Waals surface area (Å²) < 4.78 is 0.984. The van der Waals surface area contributed by atoms with Crippen molar-refractivity contribution in [2.24, 2.45) is 5.73 Å². The minimum atomic E-state index is -0.307. The Labute approximate surface area is 133 Å². The zero-order chi connectivity index (χ0) is 14.9. The third kappa shape index (κ3) is 3.49. The van der Waals surface area contributed by atoms with Crippen LogP contribution in [0.3, 0.4) is 0 Å². The number of likely N-dealkylation sites (N-methyl/N-ethyl adjacent to an activating group) is 1. The first-order valence-corrected chi connectivity index (χ1v) is 7.77. The van der Waals surface area contributed by atoms with Gasteiger partial charge in [0.1, 0.15) is 4.99 Å². The van der Waals surface area contributed by atoms with E-state index in [9.17, 15) is 5.11 Å². The zero-order valence-electron chi connectivity index (χ0n) is 11.7. The smallest absolute Gasteiger partial charge is 0.106 e. The quantitative estimate of drug-likeness (QED) is 0.801. The van der Waals surface area contributed by atoms with Gasteiger partial charge < -0.3 is 20.6 Å². The van der Waals surface area contributed by atoms with Gasteiger partial charge in [-0.25, -0.2) is 0 Å². The van der Waals surface area contributed by atoms with E-state index >= 15 is 0 Å². The fraction of sp³-hybridized carbons (Fsp3) is 0.500. The highest BCUT2D eigenvalue weighted by molar-refractivity contribution is 9.10. The minimum Gasteiger partial charge on any atom is -0.391 e. The lowest BCUT2D eigenvalue weighted by Crippen LogP contribution is -2.38. The molecule has 0 radical (unpaired) electrons. The van der Waals surface area contributed by atoms with E-state index in [2.05, 4.69) is 25.7 Å². The lowest BCUT2D eigenvalue weighted by molar-refractivity contribution is 0.191. The monoisotopic (exact) mass is 357 g/mol. The first-order valence-electron chi connectivity index (χ1n) is 6.57. The zero-order valence-corrected chi connectivity index (χ0v) is 14.1. The van der Waals surface area contributed by atoms with Crippen molar-refractivity contribution in [2.75, 3.05) is 32.1 Å². The molecule has 2 unspecified atom stereocenters. The predicted molar refractivity (Wildman–Crippen MR) is 90.3 cm³/mol. The van der Waals surface area contributed by atoms with Crippen LogP contribution in [0.1, 0.15) is 12.0 Å². The van der Waals surface area contributed by atoms with Gasteiger partial charge in [0.15, 0.2) is 0 Å². The highest BCUT2D eigenvalue weighted by Crippen LogP contribution is 2.31. The number of β-amino-alcohol motifs (C(OH)–C–C–N with tert-alkyl or cyclic N) is 1. The molecular weight excluding hydrogens is 338 g/mol. The first kappa shape index (κ1) is 15.7. The van der Waals surface area contributed by atoms with Gasteiger partial charge in [-0.15, -0.1) is 0 Å².